The van der Waals surface area contributed by atoms with Crippen LogP contribution in [0.1, 0.15) is 72.1 Å². The van der Waals surface area contributed by atoms with Gasteiger partial charge in [-0.3, -0.25) is 4.79 Å². The van der Waals surface area contributed by atoms with E-state index in [0.29, 0.717) is 6.42 Å². The van der Waals surface area contributed by atoms with Gasteiger partial charge in [0.05, 0.1) is 0 Å². The highest BCUT2D eigenvalue weighted by atomic mass is 16.4. The van der Waals surface area contributed by atoms with Crippen molar-refractivity contribution >= 4 is 5.97 Å². The van der Waals surface area contributed by atoms with Gasteiger partial charge >= 0.3 is 5.97 Å². The first kappa shape index (κ1) is 18.4. The quantitative estimate of drug-likeness (QED) is 0.615. The van der Waals surface area contributed by atoms with Crippen molar-refractivity contribution in [2.75, 3.05) is 19.6 Å². The molecule has 0 aliphatic heterocycles. The van der Waals surface area contributed by atoms with Gasteiger partial charge in [-0.05, 0) is 58.2 Å². The Kier molecular flexibility index (Phi) is 8.27. The number of rotatable bonds is 11. The fourth-order valence-corrected chi connectivity index (χ4v) is 3.54. The Morgan fingerprint density at radius 3 is 2.43 bits per heavy atom. The lowest BCUT2D eigenvalue weighted by atomic mass is 9.90. The molecule has 1 unspecified atom stereocenters. The zero-order valence-electron chi connectivity index (χ0n) is 14.2. The van der Waals surface area contributed by atoms with E-state index in [1.807, 2.05) is 6.92 Å². The van der Waals surface area contributed by atoms with Gasteiger partial charge in [0.25, 0.3) is 0 Å². The predicted octanol–water partition coefficient (Wildman–Crippen LogP) is 3.26. The van der Waals surface area contributed by atoms with Crippen LogP contribution < -0.4 is 5.32 Å². The summed E-state index contributed by atoms with van der Waals surface area (Å²) < 4.78 is 0. The molecule has 0 amide bonds. The third-order valence-corrected chi connectivity index (χ3v) is 5.02. The SMILES string of the molecule is CCCNC(CC)(CCCN(CC)C1CCCC1)C(=O)O. The minimum Gasteiger partial charge on any atom is -0.480 e. The second-order valence-electron chi connectivity index (χ2n) is 6.34. The minimum atomic E-state index is -0.731. The lowest BCUT2D eigenvalue weighted by Crippen LogP contribution is -2.52. The molecule has 124 valence electrons. The van der Waals surface area contributed by atoms with Crippen LogP contribution in [0, 0.1) is 0 Å². The number of carboxylic acid groups (broad SMARTS) is 1. The molecule has 0 aromatic heterocycles. The van der Waals surface area contributed by atoms with Crippen molar-refractivity contribution in [3.8, 4) is 0 Å². The molecule has 0 radical (unpaired) electrons. The molecule has 0 aromatic rings. The normalized spacial score (nSPS) is 19.0. The number of carbonyl (C=O) groups is 1. The summed E-state index contributed by atoms with van der Waals surface area (Å²) >= 11 is 0. The standard InChI is InChI=1S/C17H34N2O2/c1-4-13-18-17(5-2,16(20)21)12-9-14-19(6-3)15-10-7-8-11-15/h15,18H,4-14H2,1-3H3,(H,20,21). The molecule has 0 bridgehead atoms. The van der Waals surface area contributed by atoms with Crippen LogP contribution in [0.2, 0.25) is 0 Å². The fourth-order valence-electron chi connectivity index (χ4n) is 3.54. The lowest BCUT2D eigenvalue weighted by Gasteiger charge is -2.32. The Morgan fingerprint density at radius 2 is 1.95 bits per heavy atom. The first-order valence-corrected chi connectivity index (χ1v) is 8.82. The van der Waals surface area contributed by atoms with Crippen LogP contribution in [0.3, 0.4) is 0 Å². The molecule has 0 aromatic carbocycles. The van der Waals surface area contributed by atoms with Crippen molar-refractivity contribution < 1.29 is 9.90 Å². The molecule has 0 saturated heterocycles. The molecule has 1 aliphatic rings. The molecule has 1 atom stereocenters. The van der Waals surface area contributed by atoms with Gasteiger partial charge in [0.2, 0.25) is 0 Å². The smallest absolute Gasteiger partial charge is 0.323 e. The number of hydrogen-bond acceptors (Lipinski definition) is 3. The molecule has 0 spiro atoms. The Bertz CT molecular complexity index is 303. The summed E-state index contributed by atoms with van der Waals surface area (Å²) in [6.45, 7) is 9.17. The fraction of sp³-hybridized carbons (Fsp3) is 0.941. The summed E-state index contributed by atoms with van der Waals surface area (Å²) in [7, 11) is 0. The van der Waals surface area contributed by atoms with Crippen LogP contribution in [0.4, 0.5) is 0 Å². The maximum atomic E-state index is 11.7. The molecule has 1 fully saturated rings. The van der Waals surface area contributed by atoms with E-state index < -0.39 is 11.5 Å². The van der Waals surface area contributed by atoms with Gasteiger partial charge in [-0.2, -0.15) is 0 Å². The van der Waals surface area contributed by atoms with Crippen molar-refractivity contribution in [1.82, 2.24) is 10.2 Å². The number of nitrogens with one attached hydrogen (secondary N) is 1. The lowest BCUT2D eigenvalue weighted by molar-refractivity contribution is -0.145. The molecular weight excluding hydrogens is 264 g/mol. The van der Waals surface area contributed by atoms with Crippen molar-refractivity contribution in [2.45, 2.75) is 83.7 Å². The van der Waals surface area contributed by atoms with E-state index in [-0.39, 0.29) is 0 Å². The Balaban J connectivity index is 2.49. The average Bonchev–Trinajstić information content (AvgIpc) is 3.01. The summed E-state index contributed by atoms with van der Waals surface area (Å²) in [5.74, 6) is -0.692. The molecule has 4 nitrogen and oxygen atoms in total. The van der Waals surface area contributed by atoms with E-state index in [1.165, 1.54) is 25.7 Å². The van der Waals surface area contributed by atoms with Gasteiger partial charge in [0.1, 0.15) is 5.54 Å². The highest BCUT2D eigenvalue weighted by Gasteiger charge is 2.35. The van der Waals surface area contributed by atoms with Gasteiger partial charge < -0.3 is 15.3 Å². The van der Waals surface area contributed by atoms with E-state index >= 15 is 0 Å². The summed E-state index contributed by atoms with van der Waals surface area (Å²) in [5, 5.41) is 12.9. The van der Waals surface area contributed by atoms with E-state index in [9.17, 15) is 9.90 Å². The van der Waals surface area contributed by atoms with Crippen molar-refractivity contribution in [3.05, 3.63) is 0 Å². The summed E-state index contributed by atoms with van der Waals surface area (Å²) in [6.07, 6.45) is 8.65. The highest BCUT2D eigenvalue weighted by Crippen LogP contribution is 2.25. The number of hydrogen-bond donors (Lipinski definition) is 2. The predicted molar refractivity (Wildman–Crippen MR) is 87.7 cm³/mol. The first-order chi connectivity index (χ1) is 10.1. The molecule has 1 rings (SSSR count). The van der Waals surface area contributed by atoms with Crippen molar-refractivity contribution in [1.29, 1.82) is 0 Å². The topological polar surface area (TPSA) is 52.6 Å². The first-order valence-electron chi connectivity index (χ1n) is 8.82. The number of aliphatic carboxylic acids is 1. The van der Waals surface area contributed by atoms with Gasteiger partial charge in [0.15, 0.2) is 0 Å². The number of nitrogens with zero attached hydrogens (tertiary/aromatic N) is 1. The van der Waals surface area contributed by atoms with Gasteiger partial charge in [-0.25, -0.2) is 0 Å². The van der Waals surface area contributed by atoms with Crippen molar-refractivity contribution in [2.24, 2.45) is 0 Å². The van der Waals surface area contributed by atoms with E-state index in [0.717, 1.165) is 44.9 Å². The van der Waals surface area contributed by atoms with Crippen LogP contribution in [0.15, 0.2) is 0 Å². The summed E-state index contributed by atoms with van der Waals surface area (Å²) in [5.41, 5.74) is -0.731. The van der Waals surface area contributed by atoms with Gasteiger partial charge in [0, 0.05) is 6.04 Å². The zero-order valence-corrected chi connectivity index (χ0v) is 14.2. The molecule has 0 heterocycles. The Morgan fingerprint density at radius 1 is 1.29 bits per heavy atom. The monoisotopic (exact) mass is 298 g/mol. The summed E-state index contributed by atoms with van der Waals surface area (Å²) in [6, 6.07) is 0.736. The average molecular weight is 298 g/mol. The van der Waals surface area contributed by atoms with Crippen LogP contribution >= 0.6 is 0 Å². The van der Waals surface area contributed by atoms with Crippen LogP contribution in [0.5, 0.6) is 0 Å². The zero-order chi connectivity index (χ0) is 15.7. The molecule has 21 heavy (non-hydrogen) atoms. The van der Waals surface area contributed by atoms with Gasteiger partial charge in [-0.1, -0.05) is 33.6 Å². The van der Waals surface area contributed by atoms with E-state index in [2.05, 4.69) is 24.1 Å². The Hall–Kier alpha value is -0.610. The van der Waals surface area contributed by atoms with E-state index in [4.69, 9.17) is 0 Å². The summed E-state index contributed by atoms with van der Waals surface area (Å²) in [4.78, 5) is 14.2. The second-order valence-corrected chi connectivity index (χ2v) is 6.34. The third kappa shape index (κ3) is 5.26. The maximum Gasteiger partial charge on any atom is 0.323 e. The molecule has 1 saturated carbocycles. The maximum absolute atomic E-state index is 11.7. The van der Waals surface area contributed by atoms with Crippen LogP contribution in [-0.2, 0) is 4.79 Å². The molecule has 1 aliphatic carbocycles. The largest absolute Gasteiger partial charge is 0.480 e. The minimum absolute atomic E-state index is 0.651. The molecule has 2 N–H and O–H groups in total. The van der Waals surface area contributed by atoms with E-state index in [1.54, 1.807) is 0 Å². The Labute approximate surface area is 130 Å². The number of carboxylic acids is 1. The van der Waals surface area contributed by atoms with Crippen molar-refractivity contribution in [3.63, 3.8) is 0 Å². The molecule has 4 heteroatoms. The third-order valence-electron chi connectivity index (χ3n) is 5.02. The highest BCUT2D eigenvalue weighted by molar-refractivity contribution is 5.78. The van der Waals surface area contributed by atoms with Gasteiger partial charge in [-0.15, -0.1) is 0 Å². The van der Waals surface area contributed by atoms with Crippen LogP contribution in [-0.4, -0.2) is 47.2 Å². The molecular formula is C17H34N2O2. The van der Waals surface area contributed by atoms with Crippen LogP contribution in [0.25, 0.3) is 0 Å². The second kappa shape index (κ2) is 9.42.